The van der Waals surface area contributed by atoms with Gasteiger partial charge in [0.1, 0.15) is 12.1 Å². The van der Waals surface area contributed by atoms with Crippen LogP contribution in [0.25, 0.3) is 10.9 Å². The number of fused-ring (bicyclic) bond motifs is 1. The first-order valence-electron chi connectivity index (χ1n) is 5.91. The third kappa shape index (κ3) is 2.71. The molecule has 2 heterocycles. The Kier molecular flexibility index (Phi) is 3.18. The van der Waals surface area contributed by atoms with E-state index in [0.29, 0.717) is 12.2 Å². The van der Waals surface area contributed by atoms with E-state index in [1.807, 2.05) is 18.2 Å². The first-order valence-corrected chi connectivity index (χ1v) is 8.52. The van der Waals surface area contributed by atoms with Crippen LogP contribution in [0.3, 0.4) is 0 Å². The average molecular weight is 342 g/mol. The van der Waals surface area contributed by atoms with Gasteiger partial charge >= 0.3 is 0 Å². The number of aromatic nitrogens is 2. The topological polar surface area (TPSA) is 72.0 Å². The molecule has 1 atom stereocenters. The van der Waals surface area contributed by atoms with Crippen molar-refractivity contribution in [2.24, 2.45) is 0 Å². The second kappa shape index (κ2) is 4.72. The predicted octanol–water partition coefficient (Wildman–Crippen LogP) is 1.99. The molecule has 0 radical (unpaired) electrons. The van der Waals surface area contributed by atoms with E-state index in [9.17, 15) is 8.42 Å². The van der Waals surface area contributed by atoms with Crippen LogP contribution >= 0.6 is 15.9 Å². The molecule has 19 heavy (non-hydrogen) atoms. The highest BCUT2D eigenvalue weighted by molar-refractivity contribution is 9.10. The standard InChI is InChI=1S/C12H12BrN3O2S/c13-8-1-2-11-10(5-8)12(15-7-14-11)16-9-3-4-19(17,18)6-9/h1-2,5,7,9H,3-4,6H2,(H,14,15,16). The van der Waals surface area contributed by atoms with Crippen LogP contribution in [0.2, 0.25) is 0 Å². The highest BCUT2D eigenvalue weighted by Crippen LogP contribution is 2.25. The summed E-state index contributed by atoms with van der Waals surface area (Å²) in [5.41, 5.74) is 0.835. The van der Waals surface area contributed by atoms with Crippen LogP contribution in [0.5, 0.6) is 0 Å². The Labute approximate surface area is 119 Å². The molecule has 1 unspecified atom stereocenters. The van der Waals surface area contributed by atoms with Gasteiger partial charge in [-0.1, -0.05) is 15.9 Å². The molecule has 5 nitrogen and oxygen atoms in total. The van der Waals surface area contributed by atoms with Crippen LogP contribution in [0.1, 0.15) is 6.42 Å². The van der Waals surface area contributed by atoms with E-state index in [0.717, 1.165) is 15.4 Å². The molecule has 0 bridgehead atoms. The van der Waals surface area contributed by atoms with Crippen molar-refractivity contribution in [2.45, 2.75) is 12.5 Å². The van der Waals surface area contributed by atoms with Crippen molar-refractivity contribution < 1.29 is 8.42 Å². The first-order chi connectivity index (χ1) is 9.03. The number of benzene rings is 1. The van der Waals surface area contributed by atoms with E-state index < -0.39 is 9.84 Å². The molecule has 100 valence electrons. The highest BCUT2D eigenvalue weighted by Gasteiger charge is 2.28. The zero-order chi connectivity index (χ0) is 13.5. The van der Waals surface area contributed by atoms with Gasteiger partial charge in [-0.3, -0.25) is 0 Å². The lowest BCUT2D eigenvalue weighted by Gasteiger charge is -2.13. The number of anilines is 1. The van der Waals surface area contributed by atoms with Gasteiger partial charge in [0, 0.05) is 15.9 Å². The number of rotatable bonds is 2. The highest BCUT2D eigenvalue weighted by atomic mass is 79.9. The quantitative estimate of drug-likeness (QED) is 0.904. The van der Waals surface area contributed by atoms with E-state index in [-0.39, 0.29) is 17.5 Å². The molecule has 1 fully saturated rings. The van der Waals surface area contributed by atoms with E-state index in [1.54, 1.807) is 0 Å². The summed E-state index contributed by atoms with van der Waals surface area (Å²) in [6.07, 6.45) is 2.11. The summed E-state index contributed by atoms with van der Waals surface area (Å²) >= 11 is 3.42. The van der Waals surface area contributed by atoms with Gasteiger partial charge in [0.2, 0.25) is 0 Å². The Morgan fingerprint density at radius 3 is 2.89 bits per heavy atom. The molecule has 7 heteroatoms. The van der Waals surface area contributed by atoms with Gasteiger partial charge in [-0.2, -0.15) is 0 Å². The molecule has 0 spiro atoms. The summed E-state index contributed by atoms with van der Waals surface area (Å²) in [6.45, 7) is 0. The average Bonchev–Trinajstić information content (AvgIpc) is 2.69. The van der Waals surface area contributed by atoms with Crippen molar-refractivity contribution >= 4 is 42.5 Å². The molecular weight excluding hydrogens is 330 g/mol. The molecule has 1 saturated heterocycles. The fourth-order valence-electron chi connectivity index (χ4n) is 2.25. The van der Waals surface area contributed by atoms with Crippen molar-refractivity contribution in [3.05, 3.63) is 29.0 Å². The molecule has 1 N–H and O–H groups in total. The van der Waals surface area contributed by atoms with Crippen molar-refractivity contribution in [1.82, 2.24) is 9.97 Å². The maximum absolute atomic E-state index is 11.5. The normalized spacial score (nSPS) is 21.6. The zero-order valence-electron chi connectivity index (χ0n) is 10.0. The largest absolute Gasteiger partial charge is 0.366 e. The van der Waals surface area contributed by atoms with Crippen molar-refractivity contribution in [1.29, 1.82) is 0 Å². The van der Waals surface area contributed by atoms with Crippen LogP contribution in [0.15, 0.2) is 29.0 Å². The minimum Gasteiger partial charge on any atom is -0.366 e. The Hall–Kier alpha value is -1.21. The first kappa shape index (κ1) is 12.8. The number of nitrogens with one attached hydrogen (secondary N) is 1. The fraction of sp³-hybridized carbons (Fsp3) is 0.333. The second-order valence-corrected chi connectivity index (χ2v) is 7.77. The smallest absolute Gasteiger partial charge is 0.152 e. The molecule has 0 aliphatic carbocycles. The lowest BCUT2D eigenvalue weighted by molar-refractivity contribution is 0.602. The molecule has 1 aromatic carbocycles. The third-order valence-corrected chi connectivity index (χ3v) is 5.43. The molecule has 1 aromatic heterocycles. The van der Waals surface area contributed by atoms with E-state index in [1.165, 1.54) is 6.33 Å². The Morgan fingerprint density at radius 2 is 2.16 bits per heavy atom. The van der Waals surface area contributed by atoms with Crippen LogP contribution in [0.4, 0.5) is 5.82 Å². The Morgan fingerprint density at radius 1 is 1.32 bits per heavy atom. The van der Waals surface area contributed by atoms with Gasteiger partial charge in [0.25, 0.3) is 0 Å². The summed E-state index contributed by atoms with van der Waals surface area (Å²) in [7, 11) is -2.89. The molecule has 0 amide bonds. The van der Waals surface area contributed by atoms with Crippen molar-refractivity contribution in [3.63, 3.8) is 0 Å². The number of hydrogen-bond acceptors (Lipinski definition) is 5. The minimum absolute atomic E-state index is 0.0675. The van der Waals surface area contributed by atoms with E-state index in [2.05, 4.69) is 31.2 Å². The van der Waals surface area contributed by atoms with Gasteiger partial charge in [0.15, 0.2) is 9.84 Å². The second-order valence-electron chi connectivity index (χ2n) is 4.63. The van der Waals surface area contributed by atoms with Gasteiger partial charge in [-0.25, -0.2) is 18.4 Å². The summed E-state index contributed by atoms with van der Waals surface area (Å²) in [5, 5.41) is 4.11. The summed E-state index contributed by atoms with van der Waals surface area (Å²) < 4.78 is 23.9. The third-order valence-electron chi connectivity index (χ3n) is 3.17. The van der Waals surface area contributed by atoms with Gasteiger partial charge in [-0.05, 0) is 24.6 Å². The van der Waals surface area contributed by atoms with Crippen molar-refractivity contribution in [3.8, 4) is 0 Å². The molecule has 1 aliphatic rings. The maximum atomic E-state index is 11.5. The Balaban J connectivity index is 1.95. The van der Waals surface area contributed by atoms with Gasteiger partial charge < -0.3 is 5.32 Å². The van der Waals surface area contributed by atoms with Crippen LogP contribution in [0, 0.1) is 0 Å². The molecule has 1 aliphatic heterocycles. The van der Waals surface area contributed by atoms with E-state index >= 15 is 0 Å². The van der Waals surface area contributed by atoms with Gasteiger partial charge in [0.05, 0.1) is 17.0 Å². The molecule has 2 aromatic rings. The Bertz CT molecular complexity index is 733. The maximum Gasteiger partial charge on any atom is 0.152 e. The number of sulfone groups is 1. The number of nitrogens with zero attached hydrogens (tertiary/aromatic N) is 2. The lowest BCUT2D eigenvalue weighted by atomic mass is 10.2. The monoisotopic (exact) mass is 341 g/mol. The summed E-state index contributed by atoms with van der Waals surface area (Å²) in [6, 6.07) is 5.68. The summed E-state index contributed by atoms with van der Waals surface area (Å²) in [5.74, 6) is 1.11. The molecular formula is C12H12BrN3O2S. The fourth-order valence-corrected chi connectivity index (χ4v) is 4.28. The molecule has 3 rings (SSSR count). The van der Waals surface area contributed by atoms with Crippen LogP contribution in [-0.2, 0) is 9.84 Å². The lowest BCUT2D eigenvalue weighted by Crippen LogP contribution is -2.21. The van der Waals surface area contributed by atoms with Crippen molar-refractivity contribution in [2.75, 3.05) is 16.8 Å². The predicted molar refractivity (Wildman–Crippen MR) is 77.9 cm³/mol. The minimum atomic E-state index is -2.89. The van der Waals surface area contributed by atoms with E-state index in [4.69, 9.17) is 0 Å². The zero-order valence-corrected chi connectivity index (χ0v) is 12.4. The number of halogens is 1. The van der Waals surface area contributed by atoms with Gasteiger partial charge in [-0.15, -0.1) is 0 Å². The van der Waals surface area contributed by atoms with Crippen LogP contribution < -0.4 is 5.32 Å². The summed E-state index contributed by atoms with van der Waals surface area (Å²) in [4.78, 5) is 8.42. The molecule has 0 saturated carbocycles. The SMILES string of the molecule is O=S1(=O)CCC(Nc2ncnc3ccc(Br)cc23)C1. The van der Waals surface area contributed by atoms with Crippen LogP contribution in [-0.4, -0.2) is 35.9 Å². The number of hydrogen-bond donors (Lipinski definition) is 1.